The molecule has 0 aliphatic carbocycles. The van der Waals surface area contributed by atoms with E-state index in [1.165, 1.54) is 23.8 Å². The van der Waals surface area contributed by atoms with Crippen LogP contribution in [0.3, 0.4) is 0 Å². The molecule has 1 aliphatic rings. The zero-order valence-electron chi connectivity index (χ0n) is 13.3. The molecule has 2 amide bonds. The van der Waals surface area contributed by atoms with Gasteiger partial charge < -0.3 is 14.9 Å². The summed E-state index contributed by atoms with van der Waals surface area (Å²) in [6, 6.07) is 4.81. The van der Waals surface area contributed by atoms with Gasteiger partial charge in [0.2, 0.25) is 11.8 Å². The third-order valence-electron chi connectivity index (χ3n) is 4.05. The summed E-state index contributed by atoms with van der Waals surface area (Å²) >= 11 is 12.1. The summed E-state index contributed by atoms with van der Waals surface area (Å²) in [6.07, 6.45) is 0.353. The fourth-order valence-electron chi connectivity index (χ4n) is 2.69. The highest BCUT2D eigenvalue weighted by molar-refractivity contribution is 6.36. The molecule has 0 spiro atoms. The van der Waals surface area contributed by atoms with Gasteiger partial charge in [0.15, 0.2) is 0 Å². The molecule has 1 fully saturated rings. The number of amides is 2. The Kier molecular flexibility index (Phi) is 5.72. The average Bonchev–Trinajstić information content (AvgIpc) is 2.90. The number of nitrogens with zero attached hydrogens (tertiary/aromatic N) is 2. The fraction of sp³-hybridized carbons (Fsp3) is 0.438. The number of hydrogen-bond acceptors (Lipinski definition) is 3. The number of benzene rings is 1. The van der Waals surface area contributed by atoms with Crippen LogP contribution in [-0.2, 0) is 14.4 Å². The van der Waals surface area contributed by atoms with Crippen molar-refractivity contribution in [2.75, 3.05) is 25.0 Å². The first-order chi connectivity index (χ1) is 11.2. The average molecular weight is 373 g/mol. The van der Waals surface area contributed by atoms with Crippen molar-refractivity contribution in [1.82, 2.24) is 4.90 Å². The van der Waals surface area contributed by atoms with Crippen LogP contribution >= 0.6 is 23.2 Å². The molecule has 0 saturated carbocycles. The lowest BCUT2D eigenvalue weighted by Crippen LogP contribution is -2.40. The van der Waals surface area contributed by atoms with Crippen LogP contribution in [0, 0.1) is 11.8 Å². The molecule has 0 bridgehead atoms. The third kappa shape index (κ3) is 3.82. The maximum atomic E-state index is 12.6. The van der Waals surface area contributed by atoms with E-state index in [0.717, 1.165) is 0 Å². The quantitative estimate of drug-likeness (QED) is 0.805. The van der Waals surface area contributed by atoms with E-state index in [2.05, 4.69) is 0 Å². The summed E-state index contributed by atoms with van der Waals surface area (Å²) in [5, 5.41) is 9.77. The lowest BCUT2D eigenvalue weighted by atomic mass is 10.1. The van der Waals surface area contributed by atoms with E-state index >= 15 is 0 Å². The minimum atomic E-state index is -0.986. The summed E-state index contributed by atoms with van der Waals surface area (Å²) in [5.74, 6) is -3.24. The number of carbonyl (C=O) groups is 3. The van der Waals surface area contributed by atoms with E-state index in [-0.39, 0.29) is 18.4 Å². The van der Waals surface area contributed by atoms with Crippen LogP contribution in [0.2, 0.25) is 10.0 Å². The minimum absolute atomic E-state index is 0.0515. The van der Waals surface area contributed by atoms with E-state index in [1.807, 2.05) is 0 Å². The summed E-state index contributed by atoms with van der Waals surface area (Å²) in [7, 11) is 1.50. The van der Waals surface area contributed by atoms with Gasteiger partial charge in [-0.1, -0.05) is 30.1 Å². The van der Waals surface area contributed by atoms with Gasteiger partial charge in [0.25, 0.3) is 0 Å². The number of carboxylic acid groups (broad SMARTS) is 1. The largest absolute Gasteiger partial charge is 0.481 e. The summed E-state index contributed by atoms with van der Waals surface area (Å²) < 4.78 is 0. The zero-order valence-corrected chi connectivity index (χ0v) is 14.8. The first kappa shape index (κ1) is 18.5. The molecule has 2 unspecified atom stereocenters. The highest BCUT2D eigenvalue weighted by atomic mass is 35.5. The van der Waals surface area contributed by atoms with Gasteiger partial charge in [-0.2, -0.15) is 0 Å². The van der Waals surface area contributed by atoms with Gasteiger partial charge in [-0.05, 0) is 24.6 Å². The highest BCUT2D eigenvalue weighted by Crippen LogP contribution is 2.34. The molecule has 1 heterocycles. The number of carbonyl (C=O) groups excluding carboxylic acids is 2. The molecule has 0 aromatic heterocycles. The SMILES string of the molecule is CC(CN(C)C(=O)C1CCN(c2cc(Cl)ccc2Cl)C1=O)C(=O)O. The minimum Gasteiger partial charge on any atom is -0.481 e. The second kappa shape index (κ2) is 7.40. The molecule has 1 N–H and O–H groups in total. The molecule has 6 nitrogen and oxygen atoms in total. The van der Waals surface area contributed by atoms with Crippen LogP contribution in [0.4, 0.5) is 5.69 Å². The fourth-order valence-corrected chi connectivity index (χ4v) is 3.07. The predicted octanol–water partition coefficient (Wildman–Crippen LogP) is 2.53. The molecular weight excluding hydrogens is 355 g/mol. The van der Waals surface area contributed by atoms with Crippen molar-refractivity contribution in [3.8, 4) is 0 Å². The molecule has 8 heteroatoms. The number of aliphatic carboxylic acids is 1. The molecule has 1 aliphatic heterocycles. The lowest BCUT2D eigenvalue weighted by molar-refractivity contribution is -0.143. The molecule has 1 aromatic rings. The van der Waals surface area contributed by atoms with Gasteiger partial charge in [-0.15, -0.1) is 0 Å². The van der Waals surface area contributed by atoms with E-state index in [1.54, 1.807) is 18.2 Å². The zero-order chi connectivity index (χ0) is 18.0. The van der Waals surface area contributed by atoms with Crippen LogP contribution < -0.4 is 4.90 Å². The Morgan fingerprint density at radius 3 is 2.71 bits per heavy atom. The maximum absolute atomic E-state index is 12.6. The number of rotatable bonds is 5. The predicted molar refractivity (Wildman–Crippen MR) is 91.4 cm³/mol. The van der Waals surface area contributed by atoms with Crippen molar-refractivity contribution in [1.29, 1.82) is 0 Å². The van der Waals surface area contributed by atoms with Gasteiger partial charge >= 0.3 is 5.97 Å². The first-order valence-electron chi connectivity index (χ1n) is 7.46. The second-order valence-electron chi connectivity index (χ2n) is 5.88. The monoisotopic (exact) mass is 372 g/mol. The normalized spacial score (nSPS) is 18.6. The molecule has 2 atom stereocenters. The smallest absolute Gasteiger partial charge is 0.308 e. The van der Waals surface area contributed by atoms with Crippen molar-refractivity contribution in [3.63, 3.8) is 0 Å². The molecule has 130 valence electrons. The lowest BCUT2D eigenvalue weighted by Gasteiger charge is -2.23. The Morgan fingerprint density at radius 2 is 2.08 bits per heavy atom. The van der Waals surface area contributed by atoms with Gasteiger partial charge in [0, 0.05) is 25.2 Å². The van der Waals surface area contributed by atoms with Crippen molar-refractivity contribution in [2.24, 2.45) is 11.8 Å². The Morgan fingerprint density at radius 1 is 1.42 bits per heavy atom. The number of anilines is 1. The summed E-state index contributed by atoms with van der Waals surface area (Å²) in [5.41, 5.74) is 0.478. The van der Waals surface area contributed by atoms with Crippen molar-refractivity contribution in [3.05, 3.63) is 28.2 Å². The van der Waals surface area contributed by atoms with Gasteiger partial charge in [0.05, 0.1) is 16.6 Å². The van der Waals surface area contributed by atoms with Gasteiger partial charge in [0.1, 0.15) is 5.92 Å². The number of carboxylic acids is 1. The van der Waals surface area contributed by atoms with Crippen molar-refractivity contribution < 1.29 is 19.5 Å². The van der Waals surface area contributed by atoms with Crippen LogP contribution in [0.25, 0.3) is 0 Å². The summed E-state index contributed by atoms with van der Waals surface area (Å²) in [6.45, 7) is 1.92. The Bertz CT molecular complexity index is 680. The van der Waals surface area contributed by atoms with Crippen LogP contribution in [0.15, 0.2) is 18.2 Å². The molecule has 24 heavy (non-hydrogen) atoms. The van der Waals surface area contributed by atoms with Gasteiger partial charge in [-0.25, -0.2) is 0 Å². The van der Waals surface area contributed by atoms with Crippen molar-refractivity contribution in [2.45, 2.75) is 13.3 Å². The molecule has 1 aromatic carbocycles. The van der Waals surface area contributed by atoms with Crippen LogP contribution in [0.5, 0.6) is 0 Å². The Balaban J connectivity index is 2.12. The van der Waals surface area contributed by atoms with Crippen LogP contribution in [0.1, 0.15) is 13.3 Å². The number of halogens is 2. The first-order valence-corrected chi connectivity index (χ1v) is 8.22. The maximum Gasteiger partial charge on any atom is 0.308 e. The van der Waals surface area contributed by atoms with E-state index < -0.39 is 17.8 Å². The molecule has 2 rings (SSSR count). The topological polar surface area (TPSA) is 77.9 Å². The Labute approximate surface area is 149 Å². The van der Waals surface area contributed by atoms with Crippen LogP contribution in [-0.4, -0.2) is 47.9 Å². The highest BCUT2D eigenvalue weighted by Gasteiger charge is 2.40. The third-order valence-corrected chi connectivity index (χ3v) is 4.60. The van der Waals surface area contributed by atoms with E-state index in [9.17, 15) is 14.4 Å². The second-order valence-corrected chi connectivity index (χ2v) is 6.73. The standard InChI is InChI=1S/C16H18Cl2N2O4/c1-9(16(23)24)8-19(2)14(21)11-5-6-20(15(11)22)13-7-10(17)3-4-12(13)18/h3-4,7,9,11H,5-6,8H2,1-2H3,(H,23,24). The molecular formula is C16H18Cl2N2O4. The van der Waals surface area contributed by atoms with Crippen molar-refractivity contribution >= 4 is 46.7 Å². The number of hydrogen-bond donors (Lipinski definition) is 1. The van der Waals surface area contributed by atoms with E-state index in [0.29, 0.717) is 28.7 Å². The molecule has 1 saturated heterocycles. The summed E-state index contributed by atoms with van der Waals surface area (Å²) in [4.78, 5) is 38.7. The van der Waals surface area contributed by atoms with E-state index in [4.69, 9.17) is 28.3 Å². The molecule has 0 radical (unpaired) electrons. The van der Waals surface area contributed by atoms with Gasteiger partial charge in [-0.3, -0.25) is 14.4 Å². The Hall–Kier alpha value is -1.79.